The minimum atomic E-state index is -1.40. The molecule has 0 aliphatic carbocycles. The van der Waals surface area contributed by atoms with E-state index in [9.17, 15) is 29.1 Å². The second-order valence-electron chi connectivity index (χ2n) is 14.8. The van der Waals surface area contributed by atoms with E-state index in [1.165, 1.54) is 11.8 Å². The predicted molar refractivity (Wildman–Crippen MR) is 179 cm³/mol. The molecule has 0 aliphatic rings. The number of esters is 1. The van der Waals surface area contributed by atoms with Crippen molar-refractivity contribution in [2.45, 2.75) is 118 Å². The van der Waals surface area contributed by atoms with Crippen LogP contribution in [-0.2, 0) is 34.1 Å². The van der Waals surface area contributed by atoms with Crippen LogP contribution in [0.3, 0.4) is 0 Å². The molecule has 1 aromatic rings. The normalized spacial score (nSPS) is 15.3. The lowest BCUT2D eigenvalue weighted by Crippen LogP contribution is -2.61. The molecule has 0 saturated carbocycles. The van der Waals surface area contributed by atoms with Crippen LogP contribution in [0.5, 0.6) is 0 Å². The maximum absolute atomic E-state index is 14.1. The molecule has 0 spiro atoms. The van der Waals surface area contributed by atoms with Gasteiger partial charge in [-0.05, 0) is 51.6 Å². The van der Waals surface area contributed by atoms with Crippen molar-refractivity contribution in [2.24, 2.45) is 11.3 Å². The Labute approximate surface area is 274 Å². The number of hydrogen-bond donors (Lipinski definition) is 4. The molecule has 4 atom stereocenters. The van der Waals surface area contributed by atoms with Crippen LogP contribution in [0.15, 0.2) is 42.0 Å². The van der Waals surface area contributed by atoms with E-state index in [2.05, 4.69) is 16.0 Å². The monoisotopic (exact) mass is 644 g/mol. The van der Waals surface area contributed by atoms with Crippen LogP contribution in [0.25, 0.3) is 0 Å². The van der Waals surface area contributed by atoms with Gasteiger partial charge in [-0.1, -0.05) is 84.9 Å². The lowest BCUT2D eigenvalue weighted by Gasteiger charge is -2.40. The number of nitrogens with zero attached hydrogens (tertiary/aromatic N) is 1. The highest BCUT2D eigenvalue weighted by atomic mass is 16.6. The molecule has 258 valence electrons. The van der Waals surface area contributed by atoms with E-state index in [4.69, 9.17) is 4.74 Å². The van der Waals surface area contributed by atoms with Gasteiger partial charge in [0.2, 0.25) is 17.7 Å². The van der Waals surface area contributed by atoms with Crippen LogP contribution in [0.2, 0.25) is 0 Å². The number of benzene rings is 1. The van der Waals surface area contributed by atoms with Crippen molar-refractivity contribution in [2.75, 3.05) is 14.1 Å². The first-order valence-electron chi connectivity index (χ1n) is 15.7. The Kier molecular flexibility index (Phi) is 14.2. The molecule has 0 heterocycles. The Hall–Kier alpha value is -3.73. The van der Waals surface area contributed by atoms with Gasteiger partial charge in [-0.3, -0.25) is 19.2 Å². The molecule has 0 aromatic heterocycles. The fourth-order valence-electron chi connectivity index (χ4n) is 5.18. The van der Waals surface area contributed by atoms with Gasteiger partial charge < -0.3 is 30.7 Å². The second kappa shape index (κ2) is 16.2. The molecular weight excluding hydrogens is 588 g/mol. The summed E-state index contributed by atoms with van der Waals surface area (Å²) in [6.45, 7) is 19.8. The van der Waals surface area contributed by atoms with Crippen LogP contribution in [0, 0.1) is 11.3 Å². The van der Waals surface area contributed by atoms with Crippen LogP contribution in [0.1, 0.15) is 88.1 Å². The molecule has 1 rings (SSSR count). The molecule has 1 aromatic carbocycles. The molecular formula is C35H56N4O7. The average Bonchev–Trinajstić information content (AvgIpc) is 2.92. The number of aliphatic carboxylic acids is 1. The Morgan fingerprint density at radius 2 is 1.46 bits per heavy atom. The van der Waals surface area contributed by atoms with Gasteiger partial charge in [-0.15, -0.1) is 0 Å². The van der Waals surface area contributed by atoms with Gasteiger partial charge in [-0.25, -0.2) is 4.79 Å². The summed E-state index contributed by atoms with van der Waals surface area (Å²) >= 11 is 0. The van der Waals surface area contributed by atoms with Gasteiger partial charge in [0.1, 0.15) is 17.7 Å². The summed E-state index contributed by atoms with van der Waals surface area (Å²) in [4.78, 5) is 66.6. The van der Waals surface area contributed by atoms with E-state index < -0.39 is 64.9 Å². The highest BCUT2D eigenvalue weighted by Gasteiger charge is 2.41. The van der Waals surface area contributed by atoms with E-state index in [0.717, 1.165) is 5.56 Å². The topological polar surface area (TPSA) is 154 Å². The molecule has 0 radical (unpaired) electrons. The zero-order valence-electron chi connectivity index (χ0n) is 29.9. The number of ether oxygens (including phenoxy) is 1. The van der Waals surface area contributed by atoms with Gasteiger partial charge >= 0.3 is 11.9 Å². The van der Waals surface area contributed by atoms with E-state index in [1.807, 2.05) is 78.8 Å². The average molecular weight is 645 g/mol. The Morgan fingerprint density at radius 3 is 1.89 bits per heavy atom. The molecule has 0 saturated heterocycles. The molecule has 0 fully saturated rings. The van der Waals surface area contributed by atoms with E-state index in [1.54, 1.807) is 40.9 Å². The third-order valence-electron chi connectivity index (χ3n) is 7.82. The molecule has 46 heavy (non-hydrogen) atoms. The van der Waals surface area contributed by atoms with Crippen molar-refractivity contribution in [1.29, 1.82) is 0 Å². The quantitative estimate of drug-likeness (QED) is 0.176. The fourth-order valence-corrected chi connectivity index (χ4v) is 5.18. The predicted octanol–water partition coefficient (Wildman–Crippen LogP) is 3.81. The number of likely N-dealkylation sites (N-methyl/N-ethyl adjacent to an activating group) is 2. The lowest BCUT2D eigenvalue weighted by molar-refractivity contribution is -0.160. The van der Waals surface area contributed by atoms with Gasteiger partial charge in [0, 0.05) is 18.0 Å². The first kappa shape index (κ1) is 40.3. The molecule has 11 nitrogen and oxygen atoms in total. The highest BCUT2D eigenvalue weighted by Crippen LogP contribution is 2.29. The fraction of sp³-hybridized carbons (Fsp3) is 0.629. The smallest absolute Gasteiger partial charge is 0.329 e. The van der Waals surface area contributed by atoms with Crippen molar-refractivity contribution in [3.63, 3.8) is 0 Å². The molecule has 0 unspecified atom stereocenters. The standard InChI is InChI=1S/C35H56N4O7/c1-21(2)25(19-22(3)29(42)37-24(20-26(40)41)32(45)46-34(7,8)9)39(13)31(44)28(33(4,5)6)38-30(43)27(36-12)35(10,11)23-17-15-14-16-18-23/h14-19,21,24-25,27-28,36H,20H2,1-13H3,(H,37,42)(H,38,43)(H,40,41)/b22-19+/t24-,25-,27-,28-/m1/s1. The number of amides is 3. The number of carbonyl (C=O) groups excluding carboxylic acids is 4. The Morgan fingerprint density at radius 1 is 0.913 bits per heavy atom. The number of carbonyl (C=O) groups is 5. The van der Waals surface area contributed by atoms with Crippen LogP contribution < -0.4 is 16.0 Å². The van der Waals surface area contributed by atoms with Gasteiger partial charge in [-0.2, -0.15) is 0 Å². The number of hydrogen-bond acceptors (Lipinski definition) is 7. The van der Waals surface area contributed by atoms with Crippen LogP contribution >= 0.6 is 0 Å². The molecule has 4 N–H and O–H groups in total. The first-order chi connectivity index (χ1) is 20.9. The molecule has 0 aliphatic heterocycles. The third-order valence-corrected chi connectivity index (χ3v) is 7.82. The highest BCUT2D eigenvalue weighted by molar-refractivity contribution is 5.97. The zero-order valence-corrected chi connectivity index (χ0v) is 29.9. The molecule has 11 heteroatoms. The van der Waals surface area contributed by atoms with Crippen molar-refractivity contribution >= 4 is 29.7 Å². The molecule has 0 bridgehead atoms. The summed E-state index contributed by atoms with van der Waals surface area (Å²) < 4.78 is 5.30. The van der Waals surface area contributed by atoms with Gasteiger partial charge in [0.05, 0.1) is 18.5 Å². The number of carboxylic acid groups (broad SMARTS) is 1. The van der Waals surface area contributed by atoms with Gasteiger partial charge in [0.15, 0.2) is 0 Å². The van der Waals surface area contributed by atoms with E-state index in [0.29, 0.717) is 0 Å². The van der Waals surface area contributed by atoms with E-state index >= 15 is 0 Å². The maximum atomic E-state index is 14.1. The van der Waals surface area contributed by atoms with Crippen molar-refractivity contribution in [3.8, 4) is 0 Å². The summed E-state index contributed by atoms with van der Waals surface area (Å²) in [5, 5.41) is 17.9. The summed E-state index contributed by atoms with van der Waals surface area (Å²) in [7, 11) is 3.34. The zero-order chi connectivity index (χ0) is 35.8. The third kappa shape index (κ3) is 11.6. The van der Waals surface area contributed by atoms with E-state index in [-0.39, 0.29) is 23.3 Å². The minimum Gasteiger partial charge on any atom is -0.481 e. The summed E-state index contributed by atoms with van der Waals surface area (Å²) in [6.07, 6.45) is 0.961. The Bertz CT molecular complexity index is 1260. The summed E-state index contributed by atoms with van der Waals surface area (Å²) in [5.74, 6) is -3.60. The maximum Gasteiger partial charge on any atom is 0.329 e. The summed E-state index contributed by atoms with van der Waals surface area (Å²) in [5.41, 5.74) is -0.975. The number of rotatable bonds is 14. The SMILES string of the molecule is CN[C@H](C(=O)N[C@H](C(=O)N(C)[C@H](/C=C(\C)C(=O)N[C@H](CC(=O)O)C(=O)OC(C)(C)C)C(C)C)C(C)(C)C)C(C)(C)c1ccccc1. The van der Waals surface area contributed by atoms with Crippen LogP contribution in [0.4, 0.5) is 0 Å². The summed E-state index contributed by atoms with van der Waals surface area (Å²) in [6, 6.07) is 6.18. The lowest BCUT2D eigenvalue weighted by atomic mass is 9.76. The van der Waals surface area contributed by atoms with Crippen LogP contribution in [-0.4, -0.2) is 83.5 Å². The van der Waals surface area contributed by atoms with Crippen molar-refractivity contribution in [3.05, 3.63) is 47.5 Å². The Balaban J connectivity index is 3.32. The first-order valence-corrected chi connectivity index (χ1v) is 15.7. The molecule has 3 amide bonds. The number of nitrogens with one attached hydrogen (secondary N) is 3. The van der Waals surface area contributed by atoms with Crippen molar-refractivity contribution < 1.29 is 33.8 Å². The van der Waals surface area contributed by atoms with Gasteiger partial charge in [0.25, 0.3) is 0 Å². The largest absolute Gasteiger partial charge is 0.481 e. The number of carboxylic acids is 1. The van der Waals surface area contributed by atoms with Crippen molar-refractivity contribution in [1.82, 2.24) is 20.9 Å². The second-order valence-corrected chi connectivity index (χ2v) is 14.8. The minimum absolute atomic E-state index is 0.143.